The molecule has 2 atom stereocenters. The van der Waals surface area contributed by atoms with Crippen LogP contribution in [0.1, 0.15) is 53.0 Å². The van der Waals surface area contributed by atoms with Crippen molar-refractivity contribution in [2.45, 2.75) is 25.7 Å². The van der Waals surface area contributed by atoms with E-state index in [0.29, 0.717) is 35.8 Å². The first-order chi connectivity index (χ1) is 19.3. The van der Waals surface area contributed by atoms with Crippen LogP contribution < -0.4 is 15.8 Å². The molecule has 4 rings (SSSR count). The molecule has 1 aliphatic heterocycles. The Bertz CT molecular complexity index is 1460. The summed E-state index contributed by atoms with van der Waals surface area (Å²) in [5.41, 5.74) is 8.21. The summed E-state index contributed by atoms with van der Waals surface area (Å²) in [6, 6.07) is 7.45. The maximum absolute atomic E-state index is 15.6. The van der Waals surface area contributed by atoms with Crippen LogP contribution in [-0.2, 0) is 4.79 Å². The van der Waals surface area contributed by atoms with Gasteiger partial charge in [-0.25, -0.2) is 14.4 Å². The number of nitrogens with zero attached hydrogens (tertiary/aromatic N) is 5. The van der Waals surface area contributed by atoms with Crippen LogP contribution >= 0.6 is 0 Å². The highest BCUT2D eigenvalue weighted by Gasteiger charge is 2.34. The number of ether oxygens (including phenoxy) is 1. The Hall–Kier alpha value is -4.67. The molecule has 0 radical (unpaired) electrons. The number of hydrogen-bond donors (Lipinski definition) is 2. The number of nitrogens with two attached hydrogens (primary N) is 1. The number of benzene rings is 1. The third-order valence-electron chi connectivity index (χ3n) is 7.06. The molecule has 11 heteroatoms. The number of aromatic nitrogens is 3. The lowest BCUT2D eigenvalue weighted by Crippen LogP contribution is -2.28. The number of nitrogen functional groups attached to an aromatic ring is 1. The Morgan fingerprint density at radius 1 is 1.27 bits per heavy atom. The zero-order valence-electron chi connectivity index (χ0n) is 22.7. The fourth-order valence-corrected chi connectivity index (χ4v) is 5.11. The predicted octanol–water partition coefficient (Wildman–Crippen LogP) is 3.74. The van der Waals surface area contributed by atoms with Gasteiger partial charge in [0.1, 0.15) is 35.2 Å². The van der Waals surface area contributed by atoms with Crippen molar-refractivity contribution in [3.05, 3.63) is 83.8 Å². The normalized spacial score (nSPS) is 15.9. The molecule has 10 nitrogen and oxygen atoms in total. The number of rotatable bonds is 9. The lowest BCUT2D eigenvalue weighted by molar-refractivity contribution is -0.125. The molecule has 3 heterocycles. The van der Waals surface area contributed by atoms with E-state index in [0.717, 1.165) is 12.8 Å². The minimum atomic E-state index is -0.579. The van der Waals surface area contributed by atoms with Crippen molar-refractivity contribution in [3.63, 3.8) is 0 Å². The number of likely N-dealkylation sites (tertiary alicyclic amines) is 1. The van der Waals surface area contributed by atoms with E-state index in [2.05, 4.69) is 38.8 Å². The average molecular weight is 546 g/mol. The van der Waals surface area contributed by atoms with E-state index in [4.69, 9.17) is 10.5 Å². The van der Waals surface area contributed by atoms with Gasteiger partial charge in [-0.15, -0.1) is 0 Å². The van der Waals surface area contributed by atoms with Gasteiger partial charge in [0.25, 0.3) is 5.91 Å². The standard InChI is InChI=1S/C29H32FN7O3/c1-5-20(17-10-12-37(15-17)24(38)6-2)27-25(28(31)36-16-35-27)26(32-3)21-8-7-18(13-22(21)30)40-19-9-11-34-23(14-19)29(39)33-4/h6-9,11,13-14,16-17,20H,2,5,10,12,15H2,1,3-4H3,(H,33,39)(H2,31,35,36)/b32-26-. The van der Waals surface area contributed by atoms with E-state index in [1.54, 1.807) is 30.1 Å². The third kappa shape index (κ3) is 5.83. The summed E-state index contributed by atoms with van der Waals surface area (Å²) in [6.45, 7) is 6.85. The summed E-state index contributed by atoms with van der Waals surface area (Å²) >= 11 is 0. The molecule has 2 aromatic heterocycles. The van der Waals surface area contributed by atoms with Gasteiger partial charge in [-0.2, -0.15) is 0 Å². The molecule has 3 N–H and O–H groups in total. The molecule has 1 fully saturated rings. The molecule has 208 valence electrons. The summed E-state index contributed by atoms with van der Waals surface area (Å²) in [5.74, 6) is -0.197. The number of pyridine rings is 1. The number of anilines is 1. The van der Waals surface area contributed by atoms with Crippen molar-refractivity contribution in [2.75, 3.05) is 32.9 Å². The summed E-state index contributed by atoms with van der Waals surface area (Å²) in [7, 11) is 3.07. The van der Waals surface area contributed by atoms with Gasteiger partial charge in [-0.1, -0.05) is 13.5 Å². The zero-order chi connectivity index (χ0) is 28.8. The highest BCUT2D eigenvalue weighted by atomic mass is 19.1. The van der Waals surface area contributed by atoms with Gasteiger partial charge >= 0.3 is 0 Å². The molecule has 1 aliphatic rings. The number of halogens is 1. The second-order valence-electron chi connectivity index (χ2n) is 9.34. The first-order valence-electron chi connectivity index (χ1n) is 13.0. The predicted molar refractivity (Wildman–Crippen MR) is 150 cm³/mol. The van der Waals surface area contributed by atoms with Crippen LogP contribution in [-0.4, -0.2) is 64.6 Å². The van der Waals surface area contributed by atoms with Crippen LogP contribution in [0.25, 0.3) is 0 Å². The maximum atomic E-state index is 15.6. The molecule has 40 heavy (non-hydrogen) atoms. The van der Waals surface area contributed by atoms with E-state index in [-0.39, 0.29) is 46.5 Å². The van der Waals surface area contributed by atoms with Crippen LogP contribution in [0, 0.1) is 11.7 Å². The van der Waals surface area contributed by atoms with Crippen molar-refractivity contribution in [1.82, 2.24) is 25.2 Å². The maximum Gasteiger partial charge on any atom is 0.269 e. The van der Waals surface area contributed by atoms with Crippen LogP contribution in [0.2, 0.25) is 0 Å². The number of hydrogen-bond acceptors (Lipinski definition) is 8. The number of amides is 2. The fraction of sp³-hybridized carbons (Fsp3) is 0.310. The lowest BCUT2D eigenvalue weighted by atomic mass is 9.83. The van der Waals surface area contributed by atoms with Crippen LogP contribution in [0.15, 0.2) is 60.5 Å². The third-order valence-corrected chi connectivity index (χ3v) is 7.06. The molecular weight excluding hydrogens is 513 g/mol. The molecule has 1 saturated heterocycles. The molecule has 1 aromatic carbocycles. The molecular formula is C29H32FN7O3. The summed E-state index contributed by atoms with van der Waals surface area (Å²) in [4.78, 5) is 43.0. The number of carbonyl (C=O) groups is 2. The quantitative estimate of drug-likeness (QED) is 0.309. The summed E-state index contributed by atoms with van der Waals surface area (Å²) < 4.78 is 21.4. The van der Waals surface area contributed by atoms with E-state index >= 15 is 4.39 Å². The molecule has 3 aromatic rings. The van der Waals surface area contributed by atoms with Gasteiger partial charge in [0.2, 0.25) is 5.91 Å². The van der Waals surface area contributed by atoms with Crippen LogP contribution in [0.5, 0.6) is 11.5 Å². The van der Waals surface area contributed by atoms with E-state index in [9.17, 15) is 9.59 Å². The molecule has 0 saturated carbocycles. The van der Waals surface area contributed by atoms with E-state index in [1.165, 1.54) is 37.8 Å². The van der Waals surface area contributed by atoms with Gasteiger partial charge in [-0.3, -0.25) is 19.6 Å². The summed E-state index contributed by atoms with van der Waals surface area (Å²) in [6.07, 6.45) is 5.70. The summed E-state index contributed by atoms with van der Waals surface area (Å²) in [5, 5.41) is 2.50. The largest absolute Gasteiger partial charge is 0.457 e. The van der Waals surface area contributed by atoms with Gasteiger partial charge in [-0.05, 0) is 43.0 Å². The van der Waals surface area contributed by atoms with Crippen molar-refractivity contribution in [1.29, 1.82) is 0 Å². The highest BCUT2D eigenvalue weighted by Crippen LogP contribution is 2.37. The molecule has 2 unspecified atom stereocenters. The van der Waals surface area contributed by atoms with Crippen molar-refractivity contribution in [2.24, 2.45) is 10.9 Å². The Morgan fingerprint density at radius 3 is 2.73 bits per heavy atom. The van der Waals surface area contributed by atoms with Crippen molar-refractivity contribution in [3.8, 4) is 11.5 Å². The number of carbonyl (C=O) groups excluding carboxylic acids is 2. The first-order valence-corrected chi connectivity index (χ1v) is 13.0. The Kier molecular flexibility index (Phi) is 8.83. The SMILES string of the molecule is C=CC(=O)N1CCC(C(CC)c2ncnc(N)c2/C(=N\C)c2ccc(Oc3ccnc(C(=O)NC)c3)cc2F)C1. The Labute approximate surface area is 232 Å². The smallest absolute Gasteiger partial charge is 0.269 e. The molecule has 0 aliphatic carbocycles. The van der Waals surface area contributed by atoms with Crippen LogP contribution in [0.3, 0.4) is 0 Å². The molecule has 0 bridgehead atoms. The first kappa shape index (κ1) is 28.3. The molecule has 0 spiro atoms. The van der Waals surface area contributed by atoms with Gasteiger partial charge < -0.3 is 20.7 Å². The minimum absolute atomic E-state index is 0.0495. The average Bonchev–Trinajstić information content (AvgIpc) is 3.45. The zero-order valence-corrected chi connectivity index (χ0v) is 22.7. The monoisotopic (exact) mass is 545 g/mol. The highest BCUT2D eigenvalue weighted by molar-refractivity contribution is 6.16. The van der Waals surface area contributed by atoms with Crippen molar-refractivity contribution >= 4 is 23.3 Å². The van der Waals surface area contributed by atoms with Crippen LogP contribution in [0.4, 0.5) is 10.2 Å². The second kappa shape index (κ2) is 12.5. The fourth-order valence-electron chi connectivity index (χ4n) is 5.11. The Balaban J connectivity index is 1.65. The number of nitrogens with one attached hydrogen (secondary N) is 1. The second-order valence-corrected chi connectivity index (χ2v) is 9.34. The van der Waals surface area contributed by atoms with E-state index in [1.807, 2.05) is 0 Å². The topological polar surface area (TPSA) is 136 Å². The lowest BCUT2D eigenvalue weighted by Gasteiger charge is -2.25. The Morgan fingerprint density at radius 2 is 2.05 bits per heavy atom. The van der Waals surface area contributed by atoms with E-state index < -0.39 is 5.82 Å². The van der Waals surface area contributed by atoms with Gasteiger partial charge in [0, 0.05) is 57.0 Å². The van der Waals surface area contributed by atoms with Gasteiger partial charge in [0.05, 0.1) is 17.0 Å². The number of aliphatic imine (C=N–C) groups is 1. The minimum Gasteiger partial charge on any atom is -0.457 e. The van der Waals surface area contributed by atoms with Gasteiger partial charge in [0.15, 0.2) is 0 Å². The van der Waals surface area contributed by atoms with Crippen molar-refractivity contribution < 1.29 is 18.7 Å². The molecule has 2 amide bonds.